The molecule has 2 rings (SSSR count). The third-order valence-corrected chi connectivity index (χ3v) is 5.24. The van der Waals surface area contributed by atoms with Crippen molar-refractivity contribution in [3.63, 3.8) is 0 Å². The van der Waals surface area contributed by atoms with Crippen molar-refractivity contribution < 1.29 is 4.79 Å². The zero-order valence-electron chi connectivity index (χ0n) is 13.9. The normalized spacial score (nSPS) is 29.2. The van der Waals surface area contributed by atoms with Crippen molar-refractivity contribution in [1.82, 2.24) is 15.1 Å². The van der Waals surface area contributed by atoms with Crippen LogP contribution in [0.3, 0.4) is 0 Å². The lowest BCUT2D eigenvalue weighted by Crippen LogP contribution is -2.52. The molecule has 0 aromatic rings. The Hall–Kier alpha value is -0.610. The van der Waals surface area contributed by atoms with Crippen LogP contribution in [0, 0.1) is 11.8 Å². The fourth-order valence-electron chi connectivity index (χ4n) is 4.19. The van der Waals surface area contributed by atoms with Gasteiger partial charge in [0.15, 0.2) is 0 Å². The van der Waals surface area contributed by atoms with Gasteiger partial charge in [0.05, 0.1) is 6.54 Å². The molecule has 0 spiro atoms. The maximum Gasteiger partial charge on any atom is 0.237 e. The molecule has 0 aromatic carbocycles. The van der Waals surface area contributed by atoms with Crippen molar-refractivity contribution >= 4 is 5.91 Å². The van der Waals surface area contributed by atoms with Crippen molar-refractivity contribution in [1.29, 1.82) is 0 Å². The predicted octanol–water partition coefficient (Wildman–Crippen LogP) is 1.56. The number of fused-ring (bicyclic) bond motifs is 1. The molecular formula is C16H31N3O. The van der Waals surface area contributed by atoms with Crippen LogP contribution in [0.25, 0.3) is 0 Å². The molecule has 2 unspecified atom stereocenters. The first-order chi connectivity index (χ1) is 9.25. The molecule has 2 aliphatic rings. The molecule has 2 atom stereocenters. The molecule has 2 aliphatic heterocycles. The first-order valence-electron chi connectivity index (χ1n) is 8.02. The Bertz CT molecular complexity index is 357. The van der Waals surface area contributed by atoms with E-state index >= 15 is 0 Å². The van der Waals surface area contributed by atoms with Gasteiger partial charge in [-0.25, -0.2) is 0 Å². The molecular weight excluding hydrogens is 250 g/mol. The third-order valence-electron chi connectivity index (χ3n) is 5.24. The van der Waals surface area contributed by atoms with Crippen molar-refractivity contribution in [2.75, 3.05) is 26.2 Å². The number of rotatable bonds is 4. The van der Waals surface area contributed by atoms with Crippen LogP contribution in [0.5, 0.6) is 0 Å². The van der Waals surface area contributed by atoms with E-state index in [1.54, 1.807) is 0 Å². The summed E-state index contributed by atoms with van der Waals surface area (Å²) in [6.45, 7) is 16.8. The monoisotopic (exact) mass is 281 g/mol. The van der Waals surface area contributed by atoms with E-state index in [4.69, 9.17) is 0 Å². The van der Waals surface area contributed by atoms with Gasteiger partial charge in [0.25, 0.3) is 0 Å². The molecule has 0 radical (unpaired) electrons. The average molecular weight is 281 g/mol. The van der Waals surface area contributed by atoms with Gasteiger partial charge in [-0.1, -0.05) is 0 Å². The number of hydrogen-bond acceptors (Lipinski definition) is 3. The highest BCUT2D eigenvalue weighted by molar-refractivity contribution is 5.79. The lowest BCUT2D eigenvalue weighted by Gasteiger charge is -2.38. The fraction of sp³-hybridized carbons (Fsp3) is 0.938. The minimum atomic E-state index is 0.128. The summed E-state index contributed by atoms with van der Waals surface area (Å²) in [6.07, 6.45) is 0. The molecule has 1 N–H and O–H groups in total. The van der Waals surface area contributed by atoms with Crippen LogP contribution in [0.15, 0.2) is 0 Å². The number of nitrogens with zero attached hydrogens (tertiary/aromatic N) is 2. The number of hydrogen-bond donors (Lipinski definition) is 1. The molecule has 0 aromatic heterocycles. The molecule has 4 heteroatoms. The molecule has 2 heterocycles. The standard InChI is InChI=1S/C16H31N3O/c1-11(2)19(12(3)4)15(20)10-18-9-13-7-17-8-14(13)16(18,5)6/h11-14,17H,7-10H2,1-6H3. The Morgan fingerprint density at radius 2 is 1.85 bits per heavy atom. The van der Waals surface area contributed by atoms with Crippen molar-refractivity contribution in [2.45, 2.75) is 59.2 Å². The zero-order chi connectivity index (χ0) is 15.1. The van der Waals surface area contributed by atoms with E-state index in [2.05, 4.69) is 51.8 Å². The van der Waals surface area contributed by atoms with Gasteiger partial charge in [0, 0.05) is 30.7 Å². The number of likely N-dealkylation sites (tertiary alicyclic amines) is 1. The number of nitrogens with one attached hydrogen (secondary N) is 1. The molecule has 0 saturated carbocycles. The second kappa shape index (κ2) is 5.64. The summed E-state index contributed by atoms with van der Waals surface area (Å²) in [5.74, 6) is 1.67. The van der Waals surface area contributed by atoms with E-state index in [-0.39, 0.29) is 23.5 Å². The highest BCUT2D eigenvalue weighted by Crippen LogP contribution is 2.40. The lowest BCUT2D eigenvalue weighted by atomic mass is 9.85. The predicted molar refractivity (Wildman–Crippen MR) is 82.6 cm³/mol. The Morgan fingerprint density at radius 1 is 1.25 bits per heavy atom. The van der Waals surface area contributed by atoms with E-state index in [0.717, 1.165) is 19.6 Å². The molecule has 0 aliphatic carbocycles. The summed E-state index contributed by atoms with van der Waals surface area (Å²) >= 11 is 0. The van der Waals surface area contributed by atoms with Gasteiger partial charge in [0.2, 0.25) is 5.91 Å². The van der Waals surface area contributed by atoms with Crippen LogP contribution in [0.4, 0.5) is 0 Å². The smallest absolute Gasteiger partial charge is 0.237 e. The van der Waals surface area contributed by atoms with Gasteiger partial charge in [-0.2, -0.15) is 0 Å². The highest BCUT2D eigenvalue weighted by atomic mass is 16.2. The summed E-state index contributed by atoms with van der Waals surface area (Å²) < 4.78 is 0. The van der Waals surface area contributed by atoms with E-state index in [0.29, 0.717) is 18.4 Å². The second-order valence-corrected chi connectivity index (χ2v) is 7.55. The maximum atomic E-state index is 12.7. The van der Waals surface area contributed by atoms with E-state index in [1.807, 2.05) is 4.90 Å². The average Bonchev–Trinajstić information content (AvgIpc) is 2.82. The van der Waals surface area contributed by atoms with Crippen LogP contribution < -0.4 is 5.32 Å². The van der Waals surface area contributed by atoms with Crippen molar-refractivity contribution in [2.24, 2.45) is 11.8 Å². The Balaban J connectivity index is 2.05. The second-order valence-electron chi connectivity index (χ2n) is 7.55. The molecule has 2 fully saturated rings. The topological polar surface area (TPSA) is 35.6 Å². The SMILES string of the molecule is CC(C)N(C(=O)CN1CC2CNCC2C1(C)C)C(C)C. The van der Waals surface area contributed by atoms with Crippen molar-refractivity contribution in [3.05, 3.63) is 0 Å². The Labute approximate surface area is 123 Å². The number of carbonyl (C=O) groups is 1. The third kappa shape index (κ3) is 2.73. The summed E-state index contributed by atoms with van der Waals surface area (Å²) in [5.41, 5.74) is 0.128. The summed E-state index contributed by atoms with van der Waals surface area (Å²) in [7, 11) is 0. The molecule has 1 amide bonds. The highest BCUT2D eigenvalue weighted by Gasteiger charge is 2.50. The van der Waals surface area contributed by atoms with Gasteiger partial charge in [-0.3, -0.25) is 9.69 Å². The van der Waals surface area contributed by atoms with Gasteiger partial charge < -0.3 is 10.2 Å². The first kappa shape index (κ1) is 15.8. The zero-order valence-corrected chi connectivity index (χ0v) is 13.9. The summed E-state index contributed by atoms with van der Waals surface area (Å²) in [5, 5.41) is 3.49. The molecule has 0 bridgehead atoms. The quantitative estimate of drug-likeness (QED) is 0.849. The fourth-order valence-corrected chi connectivity index (χ4v) is 4.19. The van der Waals surface area contributed by atoms with Gasteiger partial charge >= 0.3 is 0 Å². The number of amides is 1. The van der Waals surface area contributed by atoms with Crippen LogP contribution in [-0.4, -0.2) is 59.5 Å². The summed E-state index contributed by atoms with van der Waals surface area (Å²) in [4.78, 5) is 17.1. The van der Waals surface area contributed by atoms with Gasteiger partial charge in [0.1, 0.15) is 0 Å². The maximum absolute atomic E-state index is 12.7. The van der Waals surface area contributed by atoms with E-state index in [1.165, 1.54) is 0 Å². The van der Waals surface area contributed by atoms with Crippen LogP contribution in [-0.2, 0) is 4.79 Å². The molecule has 4 nitrogen and oxygen atoms in total. The molecule has 116 valence electrons. The van der Waals surface area contributed by atoms with Gasteiger partial charge in [-0.05, 0) is 59.9 Å². The lowest BCUT2D eigenvalue weighted by molar-refractivity contribution is -0.137. The van der Waals surface area contributed by atoms with Crippen LogP contribution >= 0.6 is 0 Å². The van der Waals surface area contributed by atoms with E-state index < -0.39 is 0 Å². The molecule has 2 saturated heterocycles. The van der Waals surface area contributed by atoms with Crippen LogP contribution in [0.2, 0.25) is 0 Å². The largest absolute Gasteiger partial charge is 0.337 e. The summed E-state index contributed by atoms with van der Waals surface area (Å²) in [6, 6.07) is 0.545. The van der Waals surface area contributed by atoms with Crippen molar-refractivity contribution in [3.8, 4) is 0 Å². The number of carbonyl (C=O) groups excluding carboxylic acids is 1. The molecule has 20 heavy (non-hydrogen) atoms. The minimum absolute atomic E-state index is 0.128. The Morgan fingerprint density at radius 3 is 2.35 bits per heavy atom. The first-order valence-corrected chi connectivity index (χ1v) is 8.02. The minimum Gasteiger partial charge on any atom is -0.337 e. The van der Waals surface area contributed by atoms with Crippen LogP contribution in [0.1, 0.15) is 41.5 Å². The van der Waals surface area contributed by atoms with Gasteiger partial charge in [-0.15, -0.1) is 0 Å². The Kier molecular flexibility index (Phi) is 4.45. The van der Waals surface area contributed by atoms with E-state index in [9.17, 15) is 4.79 Å².